The fourth-order valence-electron chi connectivity index (χ4n) is 4.56. The number of rotatable bonds is 4. The summed E-state index contributed by atoms with van der Waals surface area (Å²) in [5.74, 6) is -0.959. The van der Waals surface area contributed by atoms with Crippen molar-refractivity contribution in [1.82, 2.24) is 4.90 Å². The van der Waals surface area contributed by atoms with Gasteiger partial charge in [0.25, 0.3) is 0 Å². The number of nitrogens with zero attached hydrogens (tertiary/aromatic N) is 1. The largest absolute Gasteiger partial charge is 0.416 e. The number of likely N-dealkylation sites (tertiary alicyclic amines) is 1. The van der Waals surface area contributed by atoms with E-state index in [-0.39, 0.29) is 36.3 Å². The standard InChI is InChI=1S/C22H27F6N3O2/c23-21(24,25)14-10-15(22(26,27)28)12-16(11-14)30-19(32)9-13-5-7-31(8-6-13)20(33)17-3-1-2-4-18(17)29/h10-13,17-18H,1-9,29H2,(H,30,32)/t17?,18-/m1/s1. The highest BCUT2D eigenvalue weighted by atomic mass is 19.4. The Morgan fingerprint density at radius 1 is 0.909 bits per heavy atom. The molecule has 2 amide bonds. The summed E-state index contributed by atoms with van der Waals surface area (Å²) in [7, 11) is 0. The maximum atomic E-state index is 13.0. The van der Waals surface area contributed by atoms with Gasteiger partial charge in [-0.15, -0.1) is 0 Å². The molecule has 2 aliphatic rings. The fraction of sp³-hybridized carbons (Fsp3) is 0.636. The zero-order valence-corrected chi connectivity index (χ0v) is 17.9. The molecule has 2 fully saturated rings. The Hall–Kier alpha value is -2.30. The van der Waals surface area contributed by atoms with Crippen LogP contribution < -0.4 is 11.1 Å². The van der Waals surface area contributed by atoms with Gasteiger partial charge in [0.15, 0.2) is 0 Å². The highest BCUT2D eigenvalue weighted by molar-refractivity contribution is 5.91. The van der Waals surface area contributed by atoms with E-state index >= 15 is 0 Å². The van der Waals surface area contributed by atoms with Crippen molar-refractivity contribution in [2.24, 2.45) is 17.6 Å². The molecule has 0 radical (unpaired) electrons. The van der Waals surface area contributed by atoms with Gasteiger partial charge in [-0.05, 0) is 49.8 Å². The summed E-state index contributed by atoms with van der Waals surface area (Å²) in [6.45, 7) is 0.892. The average Bonchev–Trinajstić information content (AvgIpc) is 2.72. The molecule has 1 aliphatic heterocycles. The van der Waals surface area contributed by atoms with Crippen molar-refractivity contribution >= 4 is 17.5 Å². The van der Waals surface area contributed by atoms with E-state index in [2.05, 4.69) is 5.32 Å². The van der Waals surface area contributed by atoms with Crippen LogP contribution in [0.25, 0.3) is 0 Å². The summed E-state index contributed by atoms with van der Waals surface area (Å²) in [5, 5.41) is 2.17. The third-order valence-corrected chi connectivity index (χ3v) is 6.41. The summed E-state index contributed by atoms with van der Waals surface area (Å²) >= 11 is 0. The SMILES string of the molecule is N[C@@H]1CCCCC1C(=O)N1CCC(CC(=O)Nc2cc(C(F)(F)F)cc(C(F)(F)F)c2)CC1. The van der Waals surface area contributed by atoms with E-state index in [4.69, 9.17) is 5.73 Å². The van der Waals surface area contributed by atoms with Crippen LogP contribution in [0.15, 0.2) is 18.2 Å². The third-order valence-electron chi connectivity index (χ3n) is 6.41. The fourth-order valence-corrected chi connectivity index (χ4v) is 4.56. The minimum Gasteiger partial charge on any atom is -0.342 e. The topological polar surface area (TPSA) is 75.4 Å². The Balaban J connectivity index is 1.57. The minimum absolute atomic E-state index is 0.0145. The van der Waals surface area contributed by atoms with Gasteiger partial charge in [0, 0.05) is 31.2 Å². The van der Waals surface area contributed by atoms with Gasteiger partial charge in [-0.1, -0.05) is 12.8 Å². The predicted molar refractivity (Wildman–Crippen MR) is 109 cm³/mol. The van der Waals surface area contributed by atoms with Crippen LogP contribution >= 0.6 is 0 Å². The molecule has 1 saturated carbocycles. The van der Waals surface area contributed by atoms with Crippen LogP contribution in [0.1, 0.15) is 56.1 Å². The van der Waals surface area contributed by atoms with Gasteiger partial charge in [0.1, 0.15) is 0 Å². The van der Waals surface area contributed by atoms with Crippen molar-refractivity contribution in [3.05, 3.63) is 29.3 Å². The van der Waals surface area contributed by atoms with Crippen LogP contribution in [0, 0.1) is 11.8 Å². The second-order valence-electron chi connectivity index (χ2n) is 8.87. The molecule has 1 aliphatic carbocycles. The number of benzene rings is 1. The summed E-state index contributed by atoms with van der Waals surface area (Å²) in [4.78, 5) is 26.8. The predicted octanol–water partition coefficient (Wildman–Crippen LogP) is 4.81. The van der Waals surface area contributed by atoms with Crippen LogP contribution in [-0.2, 0) is 21.9 Å². The molecule has 33 heavy (non-hydrogen) atoms. The lowest BCUT2D eigenvalue weighted by atomic mass is 9.83. The van der Waals surface area contributed by atoms with Crippen LogP contribution in [0.5, 0.6) is 0 Å². The number of halogens is 6. The molecular weight excluding hydrogens is 452 g/mol. The van der Waals surface area contributed by atoms with Crippen molar-refractivity contribution in [2.45, 2.75) is 63.3 Å². The molecular formula is C22H27F6N3O2. The summed E-state index contributed by atoms with van der Waals surface area (Å²) < 4.78 is 77.9. The van der Waals surface area contributed by atoms with E-state index < -0.39 is 35.1 Å². The molecule has 11 heteroatoms. The number of alkyl halides is 6. The summed E-state index contributed by atoms with van der Waals surface area (Å²) in [5.41, 5.74) is 2.56. The Morgan fingerprint density at radius 2 is 1.45 bits per heavy atom. The molecule has 184 valence electrons. The number of anilines is 1. The lowest BCUT2D eigenvalue weighted by Crippen LogP contribution is -2.48. The molecule has 1 aromatic carbocycles. The number of piperidine rings is 1. The monoisotopic (exact) mass is 479 g/mol. The van der Waals surface area contributed by atoms with Gasteiger partial charge in [-0.25, -0.2) is 0 Å². The van der Waals surface area contributed by atoms with Crippen molar-refractivity contribution in [2.75, 3.05) is 18.4 Å². The van der Waals surface area contributed by atoms with E-state index in [1.165, 1.54) is 0 Å². The lowest BCUT2D eigenvalue weighted by Gasteiger charge is -2.37. The highest BCUT2D eigenvalue weighted by Crippen LogP contribution is 2.37. The van der Waals surface area contributed by atoms with Crippen LogP contribution in [0.2, 0.25) is 0 Å². The molecule has 1 saturated heterocycles. The van der Waals surface area contributed by atoms with E-state index in [0.29, 0.717) is 38.1 Å². The van der Waals surface area contributed by atoms with Gasteiger partial charge in [0.05, 0.1) is 17.0 Å². The Labute approximate surface area is 187 Å². The smallest absolute Gasteiger partial charge is 0.342 e. The van der Waals surface area contributed by atoms with Crippen molar-refractivity contribution in [1.29, 1.82) is 0 Å². The summed E-state index contributed by atoms with van der Waals surface area (Å²) in [6, 6.07) is 0.841. The number of hydrogen-bond donors (Lipinski definition) is 2. The second kappa shape index (κ2) is 9.90. The van der Waals surface area contributed by atoms with Gasteiger partial charge >= 0.3 is 12.4 Å². The number of amides is 2. The first kappa shape index (κ1) is 25.3. The highest BCUT2D eigenvalue weighted by Gasteiger charge is 2.37. The molecule has 5 nitrogen and oxygen atoms in total. The first-order valence-electron chi connectivity index (χ1n) is 11.0. The first-order valence-corrected chi connectivity index (χ1v) is 11.0. The number of carbonyl (C=O) groups excluding carboxylic acids is 2. The molecule has 1 unspecified atom stereocenters. The van der Waals surface area contributed by atoms with E-state index in [9.17, 15) is 35.9 Å². The normalized spacial score (nSPS) is 22.8. The van der Waals surface area contributed by atoms with Crippen molar-refractivity contribution in [3.8, 4) is 0 Å². The number of hydrogen-bond acceptors (Lipinski definition) is 3. The molecule has 2 atom stereocenters. The quantitative estimate of drug-likeness (QED) is 0.609. The number of nitrogens with two attached hydrogens (primary N) is 1. The number of carbonyl (C=O) groups is 2. The average molecular weight is 479 g/mol. The molecule has 1 aromatic rings. The lowest BCUT2D eigenvalue weighted by molar-refractivity contribution is -0.143. The van der Waals surface area contributed by atoms with Gasteiger partial charge in [0.2, 0.25) is 11.8 Å². The maximum absolute atomic E-state index is 13.0. The Bertz CT molecular complexity index is 830. The Morgan fingerprint density at radius 3 is 1.97 bits per heavy atom. The van der Waals surface area contributed by atoms with Crippen LogP contribution in [0.4, 0.5) is 32.0 Å². The van der Waals surface area contributed by atoms with Gasteiger partial charge < -0.3 is 16.0 Å². The molecule has 0 bridgehead atoms. The molecule has 3 rings (SSSR count). The molecule has 1 heterocycles. The maximum Gasteiger partial charge on any atom is 0.416 e. The van der Waals surface area contributed by atoms with Gasteiger partial charge in [-0.2, -0.15) is 26.3 Å². The number of nitrogens with one attached hydrogen (secondary N) is 1. The molecule has 0 aromatic heterocycles. The zero-order chi connectivity index (χ0) is 24.4. The molecule has 0 spiro atoms. The van der Waals surface area contributed by atoms with Crippen LogP contribution in [0.3, 0.4) is 0 Å². The van der Waals surface area contributed by atoms with Crippen molar-refractivity contribution in [3.63, 3.8) is 0 Å². The van der Waals surface area contributed by atoms with Crippen LogP contribution in [-0.4, -0.2) is 35.8 Å². The second-order valence-corrected chi connectivity index (χ2v) is 8.87. The zero-order valence-electron chi connectivity index (χ0n) is 17.9. The summed E-state index contributed by atoms with van der Waals surface area (Å²) in [6.07, 6.45) is -5.41. The molecule has 3 N–H and O–H groups in total. The van der Waals surface area contributed by atoms with E-state index in [0.717, 1.165) is 25.7 Å². The van der Waals surface area contributed by atoms with E-state index in [1.54, 1.807) is 4.90 Å². The van der Waals surface area contributed by atoms with Gasteiger partial charge in [-0.3, -0.25) is 9.59 Å². The van der Waals surface area contributed by atoms with E-state index in [1.807, 2.05) is 0 Å². The Kier molecular flexibility index (Phi) is 7.60. The minimum atomic E-state index is -4.99. The first-order chi connectivity index (χ1) is 15.3. The van der Waals surface area contributed by atoms with Crippen molar-refractivity contribution < 1.29 is 35.9 Å². The third kappa shape index (κ3) is 6.61.